The Hall–Kier alpha value is -3.15. The molecule has 2 aromatic carbocycles. The fraction of sp³-hybridized carbons (Fsp3) is 0.211. The van der Waals surface area contributed by atoms with Gasteiger partial charge in [0.05, 0.1) is 24.4 Å². The highest BCUT2D eigenvalue weighted by atomic mass is 16.5. The first-order valence-corrected chi connectivity index (χ1v) is 8.06. The Kier molecular flexibility index (Phi) is 4.79. The maximum atomic E-state index is 12.7. The Morgan fingerprint density at radius 1 is 1.20 bits per heavy atom. The van der Waals surface area contributed by atoms with E-state index in [-0.39, 0.29) is 17.9 Å². The summed E-state index contributed by atoms with van der Waals surface area (Å²) in [6, 6.07) is 14.4. The van der Waals surface area contributed by atoms with Gasteiger partial charge in [0.2, 0.25) is 5.91 Å². The van der Waals surface area contributed by atoms with Gasteiger partial charge in [-0.3, -0.25) is 15.0 Å². The van der Waals surface area contributed by atoms with E-state index in [4.69, 9.17) is 4.74 Å². The van der Waals surface area contributed by atoms with Gasteiger partial charge in [-0.05, 0) is 29.8 Å². The molecule has 25 heavy (non-hydrogen) atoms. The molecule has 128 valence electrons. The van der Waals surface area contributed by atoms with Crippen molar-refractivity contribution < 1.29 is 9.53 Å². The molecule has 6 heteroatoms. The number of hydrogen-bond donors (Lipinski definition) is 1. The van der Waals surface area contributed by atoms with Crippen molar-refractivity contribution in [2.75, 3.05) is 12.5 Å². The summed E-state index contributed by atoms with van der Waals surface area (Å²) in [6.45, 7) is 1.89. The minimum Gasteiger partial charge on any atom is -0.497 e. The number of methoxy groups -OCH3 is 1. The van der Waals surface area contributed by atoms with Crippen LogP contribution in [0.15, 0.2) is 53.3 Å². The van der Waals surface area contributed by atoms with Gasteiger partial charge in [-0.25, -0.2) is 9.66 Å². The van der Waals surface area contributed by atoms with Gasteiger partial charge in [-0.2, -0.15) is 0 Å². The molecular weight excluding hydrogens is 318 g/mol. The van der Waals surface area contributed by atoms with Crippen LogP contribution in [0.5, 0.6) is 5.75 Å². The number of fused-ring (bicyclic) bond motifs is 1. The summed E-state index contributed by atoms with van der Waals surface area (Å²) in [5.74, 6) is 0.911. The van der Waals surface area contributed by atoms with Crippen LogP contribution in [0.1, 0.15) is 18.3 Å². The second kappa shape index (κ2) is 7.17. The molecule has 3 aromatic rings. The molecule has 0 aliphatic rings. The first kappa shape index (κ1) is 16.7. The molecule has 3 rings (SSSR count). The molecule has 0 unspecified atom stereocenters. The smallest absolute Gasteiger partial charge is 0.280 e. The van der Waals surface area contributed by atoms with Crippen LogP contribution in [0.3, 0.4) is 0 Å². The van der Waals surface area contributed by atoms with Crippen LogP contribution in [-0.2, 0) is 17.6 Å². The lowest BCUT2D eigenvalue weighted by Gasteiger charge is -2.13. The molecule has 0 atom stereocenters. The highest BCUT2D eigenvalue weighted by Gasteiger charge is 2.12. The van der Waals surface area contributed by atoms with Crippen molar-refractivity contribution in [1.82, 2.24) is 9.66 Å². The predicted octanol–water partition coefficient (Wildman–Crippen LogP) is 2.28. The molecule has 1 heterocycles. The molecule has 0 radical (unpaired) electrons. The second-order valence-electron chi connectivity index (χ2n) is 5.60. The third kappa shape index (κ3) is 3.52. The zero-order valence-corrected chi connectivity index (χ0v) is 14.2. The SMILES string of the molecule is CCc1nc2ccccc2c(=O)n1NC(=O)Cc1cccc(OC)c1. The third-order valence-electron chi connectivity index (χ3n) is 3.90. The van der Waals surface area contributed by atoms with Gasteiger partial charge < -0.3 is 4.74 Å². The quantitative estimate of drug-likeness (QED) is 0.775. The zero-order chi connectivity index (χ0) is 17.8. The molecule has 1 N–H and O–H groups in total. The maximum Gasteiger partial charge on any atom is 0.280 e. The monoisotopic (exact) mass is 337 g/mol. The lowest BCUT2D eigenvalue weighted by molar-refractivity contribution is -0.116. The van der Waals surface area contributed by atoms with Crippen LogP contribution >= 0.6 is 0 Å². The number of amides is 1. The van der Waals surface area contributed by atoms with E-state index in [0.717, 1.165) is 5.56 Å². The molecule has 0 aliphatic heterocycles. The molecule has 0 saturated heterocycles. The topological polar surface area (TPSA) is 73.2 Å². The summed E-state index contributed by atoms with van der Waals surface area (Å²) in [6.07, 6.45) is 0.666. The van der Waals surface area contributed by atoms with Crippen LogP contribution in [0.2, 0.25) is 0 Å². The molecule has 6 nitrogen and oxygen atoms in total. The summed E-state index contributed by atoms with van der Waals surface area (Å²) in [5.41, 5.74) is 3.82. The van der Waals surface area contributed by atoms with Crippen molar-refractivity contribution in [1.29, 1.82) is 0 Å². The van der Waals surface area contributed by atoms with Crippen LogP contribution in [0.25, 0.3) is 10.9 Å². The largest absolute Gasteiger partial charge is 0.497 e. The molecule has 0 bridgehead atoms. The fourth-order valence-corrected chi connectivity index (χ4v) is 2.66. The average Bonchev–Trinajstić information content (AvgIpc) is 2.64. The minimum absolute atomic E-state index is 0.139. The summed E-state index contributed by atoms with van der Waals surface area (Å²) in [7, 11) is 1.58. The molecule has 0 spiro atoms. The number of carbonyl (C=O) groups is 1. The summed E-state index contributed by atoms with van der Waals surface area (Å²) < 4.78 is 6.40. The van der Waals surface area contributed by atoms with Crippen molar-refractivity contribution in [3.8, 4) is 5.75 Å². The fourth-order valence-electron chi connectivity index (χ4n) is 2.66. The van der Waals surface area contributed by atoms with Gasteiger partial charge in [0.1, 0.15) is 11.6 Å². The Balaban J connectivity index is 1.90. The molecule has 0 aliphatic carbocycles. The van der Waals surface area contributed by atoms with E-state index in [0.29, 0.717) is 28.9 Å². The standard InChI is InChI=1S/C19H19N3O3/c1-3-17-20-16-10-5-4-9-15(16)19(24)22(17)21-18(23)12-13-7-6-8-14(11-13)25-2/h4-11H,3,12H2,1-2H3,(H,21,23). The number of carbonyl (C=O) groups excluding carboxylic acids is 1. The zero-order valence-electron chi connectivity index (χ0n) is 14.2. The van der Waals surface area contributed by atoms with Gasteiger partial charge in [0, 0.05) is 6.42 Å². The first-order chi connectivity index (χ1) is 12.1. The number of aryl methyl sites for hydroxylation is 1. The molecule has 0 fully saturated rings. The van der Waals surface area contributed by atoms with Gasteiger partial charge in [-0.1, -0.05) is 31.2 Å². The molecule has 1 aromatic heterocycles. The van der Waals surface area contributed by atoms with E-state index in [1.807, 2.05) is 31.2 Å². The maximum absolute atomic E-state index is 12.7. The molecule has 0 saturated carbocycles. The molecular formula is C19H19N3O3. The number of ether oxygens (including phenoxy) is 1. The summed E-state index contributed by atoms with van der Waals surface area (Å²) >= 11 is 0. The van der Waals surface area contributed by atoms with E-state index >= 15 is 0 Å². The third-order valence-corrected chi connectivity index (χ3v) is 3.90. The summed E-state index contributed by atoms with van der Waals surface area (Å²) in [5, 5.41) is 0.474. The van der Waals surface area contributed by atoms with E-state index in [1.54, 1.807) is 31.4 Å². The summed E-state index contributed by atoms with van der Waals surface area (Å²) in [4.78, 5) is 29.6. The Labute approximate surface area is 145 Å². The van der Waals surface area contributed by atoms with Crippen LogP contribution < -0.4 is 15.7 Å². The van der Waals surface area contributed by atoms with Gasteiger partial charge in [0.15, 0.2) is 0 Å². The lowest BCUT2D eigenvalue weighted by atomic mass is 10.1. The van der Waals surface area contributed by atoms with E-state index in [9.17, 15) is 9.59 Å². The van der Waals surface area contributed by atoms with Gasteiger partial charge in [0.25, 0.3) is 5.56 Å². The van der Waals surface area contributed by atoms with Crippen LogP contribution in [-0.4, -0.2) is 22.7 Å². The number of benzene rings is 2. The Morgan fingerprint density at radius 3 is 2.76 bits per heavy atom. The van der Waals surface area contributed by atoms with Crippen LogP contribution in [0.4, 0.5) is 0 Å². The van der Waals surface area contributed by atoms with Crippen molar-refractivity contribution in [3.05, 3.63) is 70.3 Å². The van der Waals surface area contributed by atoms with Crippen LogP contribution in [0, 0.1) is 0 Å². The Bertz CT molecular complexity index is 979. The highest BCUT2D eigenvalue weighted by Crippen LogP contribution is 2.13. The normalized spacial score (nSPS) is 10.6. The number of rotatable bonds is 5. The van der Waals surface area contributed by atoms with Gasteiger partial charge >= 0.3 is 0 Å². The minimum atomic E-state index is -0.290. The Morgan fingerprint density at radius 2 is 2.00 bits per heavy atom. The van der Waals surface area contributed by atoms with Crippen molar-refractivity contribution in [3.63, 3.8) is 0 Å². The second-order valence-corrected chi connectivity index (χ2v) is 5.60. The predicted molar refractivity (Wildman–Crippen MR) is 96.4 cm³/mol. The number of nitrogens with one attached hydrogen (secondary N) is 1. The number of nitrogens with zero attached hydrogens (tertiary/aromatic N) is 2. The lowest BCUT2D eigenvalue weighted by Crippen LogP contribution is -2.37. The van der Waals surface area contributed by atoms with Crippen molar-refractivity contribution in [2.45, 2.75) is 19.8 Å². The van der Waals surface area contributed by atoms with Gasteiger partial charge in [-0.15, -0.1) is 0 Å². The number of para-hydroxylation sites is 1. The van der Waals surface area contributed by atoms with Crippen molar-refractivity contribution in [2.24, 2.45) is 0 Å². The van der Waals surface area contributed by atoms with E-state index < -0.39 is 0 Å². The average molecular weight is 337 g/mol. The first-order valence-electron chi connectivity index (χ1n) is 8.06. The van der Waals surface area contributed by atoms with Crippen molar-refractivity contribution >= 4 is 16.8 Å². The van der Waals surface area contributed by atoms with E-state index in [1.165, 1.54) is 4.68 Å². The van der Waals surface area contributed by atoms with E-state index in [2.05, 4.69) is 10.4 Å². The highest BCUT2D eigenvalue weighted by molar-refractivity contribution is 5.86. The number of hydrogen-bond acceptors (Lipinski definition) is 4. The number of aromatic nitrogens is 2. The molecule has 1 amide bonds.